The van der Waals surface area contributed by atoms with Crippen LogP contribution < -0.4 is 9.47 Å². The highest BCUT2D eigenvalue weighted by Crippen LogP contribution is 2.38. The molecule has 0 aliphatic rings. The van der Waals surface area contributed by atoms with Gasteiger partial charge in [0.05, 0.1) is 14.2 Å². The van der Waals surface area contributed by atoms with Crippen LogP contribution in [0.2, 0.25) is 0 Å². The lowest BCUT2D eigenvalue weighted by molar-refractivity contribution is 0.416. The molecule has 148 valence electrons. The van der Waals surface area contributed by atoms with Crippen molar-refractivity contribution >= 4 is 21.5 Å². The van der Waals surface area contributed by atoms with Crippen LogP contribution >= 0.6 is 0 Å². The van der Waals surface area contributed by atoms with Gasteiger partial charge in [-0.05, 0) is 42.5 Å². The van der Waals surface area contributed by atoms with Crippen LogP contribution in [0.3, 0.4) is 0 Å². The minimum Gasteiger partial charge on any atom is -0.507 e. The molecular weight excluding hydrogens is 364 g/mol. The molecule has 4 aromatic rings. The van der Waals surface area contributed by atoms with Gasteiger partial charge in [0.15, 0.2) is 0 Å². The fourth-order valence-electron chi connectivity index (χ4n) is 3.95. The number of hydrogen-bond acceptors (Lipinski definition) is 4. The highest BCUT2D eigenvalue weighted by Gasteiger charge is 2.14. The molecule has 0 aliphatic carbocycles. The van der Waals surface area contributed by atoms with E-state index in [1.54, 1.807) is 14.2 Å². The van der Waals surface area contributed by atoms with Gasteiger partial charge in [0.2, 0.25) is 0 Å². The fraction of sp³-hybridized carbons (Fsp3) is 0.200. The standard InChI is InChI=1S/C25H24O4/c1-28-22-14-16(24(26)20-12-5-3-10-18(20)22)8-7-9-17-15-23(29-2)19-11-4-6-13-21(19)25(17)27/h3-6,10-15,26-27H,7-9H2,1-2H3. The van der Waals surface area contributed by atoms with Crippen molar-refractivity contribution in [3.05, 3.63) is 71.8 Å². The Morgan fingerprint density at radius 1 is 0.621 bits per heavy atom. The van der Waals surface area contributed by atoms with Gasteiger partial charge in [-0.1, -0.05) is 48.5 Å². The second-order valence-electron chi connectivity index (χ2n) is 7.12. The highest BCUT2D eigenvalue weighted by molar-refractivity contribution is 5.95. The first kappa shape index (κ1) is 18.9. The number of aryl methyl sites for hydroxylation is 2. The molecule has 0 spiro atoms. The summed E-state index contributed by atoms with van der Waals surface area (Å²) in [6.07, 6.45) is 2.10. The molecule has 0 aromatic heterocycles. The Morgan fingerprint density at radius 3 is 1.38 bits per heavy atom. The first-order valence-corrected chi connectivity index (χ1v) is 9.69. The Bertz CT molecular complexity index is 1090. The molecule has 4 nitrogen and oxygen atoms in total. The van der Waals surface area contributed by atoms with Crippen molar-refractivity contribution in [2.24, 2.45) is 0 Å². The number of aromatic hydroxyl groups is 2. The van der Waals surface area contributed by atoms with E-state index in [-0.39, 0.29) is 0 Å². The van der Waals surface area contributed by atoms with Gasteiger partial charge in [-0.25, -0.2) is 0 Å². The van der Waals surface area contributed by atoms with Crippen molar-refractivity contribution in [1.82, 2.24) is 0 Å². The van der Waals surface area contributed by atoms with Crippen molar-refractivity contribution in [3.8, 4) is 23.0 Å². The molecule has 0 aliphatic heterocycles. The maximum atomic E-state index is 10.7. The maximum Gasteiger partial charge on any atom is 0.127 e. The summed E-state index contributed by atoms with van der Waals surface area (Å²) in [7, 11) is 3.28. The summed E-state index contributed by atoms with van der Waals surface area (Å²) in [5.41, 5.74) is 1.68. The monoisotopic (exact) mass is 388 g/mol. The highest BCUT2D eigenvalue weighted by atomic mass is 16.5. The van der Waals surface area contributed by atoms with Crippen LogP contribution in [0.15, 0.2) is 60.7 Å². The number of hydrogen-bond donors (Lipinski definition) is 2. The third-order valence-electron chi connectivity index (χ3n) is 5.45. The minimum atomic E-state index is 0.293. The molecule has 4 aromatic carbocycles. The molecule has 4 heteroatoms. The van der Waals surface area contributed by atoms with Crippen molar-refractivity contribution in [2.75, 3.05) is 14.2 Å². The smallest absolute Gasteiger partial charge is 0.127 e. The lowest BCUT2D eigenvalue weighted by Gasteiger charge is -2.14. The van der Waals surface area contributed by atoms with Gasteiger partial charge in [0, 0.05) is 21.5 Å². The Labute approximate surface area is 169 Å². The van der Waals surface area contributed by atoms with Gasteiger partial charge in [-0.2, -0.15) is 0 Å². The SMILES string of the molecule is COc1cc(CCCc2cc(OC)c3ccccc3c2O)c(O)c2ccccc12. The van der Waals surface area contributed by atoms with E-state index < -0.39 is 0 Å². The lowest BCUT2D eigenvalue weighted by atomic mass is 9.97. The van der Waals surface area contributed by atoms with E-state index in [0.29, 0.717) is 24.3 Å². The Balaban J connectivity index is 1.61. The topological polar surface area (TPSA) is 58.9 Å². The van der Waals surface area contributed by atoms with Gasteiger partial charge in [-0.15, -0.1) is 0 Å². The summed E-state index contributed by atoms with van der Waals surface area (Å²) < 4.78 is 11.0. The van der Waals surface area contributed by atoms with Crippen LogP contribution in [0.1, 0.15) is 17.5 Å². The molecule has 0 saturated heterocycles. The van der Waals surface area contributed by atoms with E-state index in [2.05, 4.69) is 0 Å². The number of ether oxygens (including phenoxy) is 2. The van der Waals surface area contributed by atoms with Gasteiger partial charge < -0.3 is 19.7 Å². The van der Waals surface area contributed by atoms with Crippen LogP contribution in [0.25, 0.3) is 21.5 Å². The zero-order valence-electron chi connectivity index (χ0n) is 16.6. The molecule has 0 heterocycles. The van der Waals surface area contributed by atoms with Crippen LogP contribution in [-0.2, 0) is 12.8 Å². The number of phenolic OH excluding ortho intramolecular Hbond substituents is 2. The fourth-order valence-corrected chi connectivity index (χ4v) is 3.95. The van der Waals surface area contributed by atoms with Crippen LogP contribution in [0, 0.1) is 0 Å². The maximum absolute atomic E-state index is 10.7. The van der Waals surface area contributed by atoms with Crippen molar-refractivity contribution in [2.45, 2.75) is 19.3 Å². The summed E-state index contributed by atoms with van der Waals surface area (Å²) in [6, 6.07) is 19.2. The zero-order valence-corrected chi connectivity index (χ0v) is 16.6. The molecule has 29 heavy (non-hydrogen) atoms. The molecule has 2 N–H and O–H groups in total. The normalized spacial score (nSPS) is 11.1. The summed E-state index contributed by atoms with van der Waals surface area (Å²) >= 11 is 0. The number of fused-ring (bicyclic) bond motifs is 2. The summed E-state index contributed by atoms with van der Waals surface area (Å²) in [5.74, 6) is 2.09. The van der Waals surface area contributed by atoms with E-state index in [0.717, 1.165) is 50.6 Å². The lowest BCUT2D eigenvalue weighted by Crippen LogP contribution is -1.96. The molecule has 0 amide bonds. The molecule has 0 saturated carbocycles. The molecule has 0 bridgehead atoms. The van der Waals surface area contributed by atoms with Crippen molar-refractivity contribution < 1.29 is 19.7 Å². The minimum absolute atomic E-state index is 0.293. The molecule has 4 rings (SSSR count). The van der Waals surface area contributed by atoms with E-state index in [4.69, 9.17) is 9.47 Å². The predicted molar refractivity (Wildman–Crippen MR) is 116 cm³/mol. The van der Waals surface area contributed by atoms with E-state index in [1.165, 1.54) is 0 Å². The second-order valence-corrected chi connectivity index (χ2v) is 7.12. The average molecular weight is 388 g/mol. The third-order valence-corrected chi connectivity index (χ3v) is 5.45. The Hall–Kier alpha value is -3.40. The number of phenols is 2. The van der Waals surface area contributed by atoms with Crippen molar-refractivity contribution in [1.29, 1.82) is 0 Å². The zero-order chi connectivity index (χ0) is 20.4. The van der Waals surface area contributed by atoms with Crippen LogP contribution in [-0.4, -0.2) is 24.4 Å². The molecule has 0 fully saturated rings. The number of rotatable bonds is 6. The summed E-state index contributed by atoms with van der Waals surface area (Å²) in [6.45, 7) is 0. The van der Waals surface area contributed by atoms with Crippen LogP contribution in [0.5, 0.6) is 23.0 Å². The first-order chi connectivity index (χ1) is 14.1. The number of methoxy groups -OCH3 is 2. The van der Waals surface area contributed by atoms with E-state index in [1.807, 2.05) is 60.7 Å². The van der Waals surface area contributed by atoms with E-state index in [9.17, 15) is 10.2 Å². The molecule has 0 unspecified atom stereocenters. The molecule has 0 radical (unpaired) electrons. The Kier molecular flexibility index (Phi) is 5.17. The van der Waals surface area contributed by atoms with Gasteiger partial charge in [0.25, 0.3) is 0 Å². The van der Waals surface area contributed by atoms with Crippen LogP contribution in [0.4, 0.5) is 0 Å². The third kappa shape index (κ3) is 3.42. The molecular formula is C25H24O4. The van der Waals surface area contributed by atoms with Crippen molar-refractivity contribution in [3.63, 3.8) is 0 Å². The predicted octanol–water partition coefficient (Wildman–Crippen LogP) is 5.60. The largest absolute Gasteiger partial charge is 0.507 e. The van der Waals surface area contributed by atoms with Gasteiger partial charge in [-0.3, -0.25) is 0 Å². The van der Waals surface area contributed by atoms with Gasteiger partial charge >= 0.3 is 0 Å². The Morgan fingerprint density at radius 2 is 1.00 bits per heavy atom. The average Bonchev–Trinajstić information content (AvgIpc) is 2.77. The summed E-state index contributed by atoms with van der Waals surface area (Å²) in [5, 5.41) is 24.8. The second kappa shape index (κ2) is 7.92. The molecule has 0 atom stereocenters. The summed E-state index contributed by atoms with van der Waals surface area (Å²) in [4.78, 5) is 0. The number of benzene rings is 4. The quantitative estimate of drug-likeness (QED) is 0.452. The van der Waals surface area contributed by atoms with Gasteiger partial charge in [0.1, 0.15) is 23.0 Å². The first-order valence-electron chi connectivity index (χ1n) is 9.69. The van der Waals surface area contributed by atoms with E-state index >= 15 is 0 Å².